The number of guanidine groups is 1. The van der Waals surface area contributed by atoms with Gasteiger partial charge in [0.25, 0.3) is 0 Å². The first-order valence-corrected chi connectivity index (χ1v) is 12.0. The van der Waals surface area contributed by atoms with E-state index in [0.29, 0.717) is 25.5 Å². The van der Waals surface area contributed by atoms with Crippen molar-refractivity contribution >= 4 is 15.8 Å². The van der Waals surface area contributed by atoms with Gasteiger partial charge in [0, 0.05) is 32.3 Å². The molecule has 2 rings (SSSR count). The first-order chi connectivity index (χ1) is 13.7. The summed E-state index contributed by atoms with van der Waals surface area (Å²) in [6, 6.07) is 20.9. The summed E-state index contributed by atoms with van der Waals surface area (Å²) in [6.07, 6.45) is 1.89. The van der Waals surface area contributed by atoms with E-state index in [0.717, 1.165) is 0 Å². The highest BCUT2D eigenvalue weighted by molar-refractivity contribution is 7.90. The Morgan fingerprint density at radius 2 is 1.48 bits per heavy atom. The van der Waals surface area contributed by atoms with Gasteiger partial charge in [0.2, 0.25) is 0 Å². The van der Waals surface area contributed by atoms with Crippen LogP contribution < -0.4 is 10.6 Å². The van der Waals surface area contributed by atoms with Gasteiger partial charge in [0.15, 0.2) is 5.96 Å². The second-order valence-electron chi connectivity index (χ2n) is 8.22. The third-order valence-corrected chi connectivity index (χ3v) is 5.93. The third kappa shape index (κ3) is 8.28. The summed E-state index contributed by atoms with van der Waals surface area (Å²) in [5.74, 6) is 1.11. The minimum atomic E-state index is -2.96. The number of nitrogens with one attached hydrogen (secondary N) is 2. The van der Waals surface area contributed by atoms with Crippen molar-refractivity contribution in [2.45, 2.75) is 26.2 Å². The van der Waals surface area contributed by atoms with Crippen molar-refractivity contribution < 1.29 is 8.42 Å². The third-order valence-electron chi connectivity index (χ3n) is 4.99. The molecule has 0 amide bonds. The maximum Gasteiger partial charge on any atom is 0.191 e. The van der Waals surface area contributed by atoms with Crippen LogP contribution in [0.2, 0.25) is 0 Å². The summed E-state index contributed by atoms with van der Waals surface area (Å²) >= 11 is 0. The van der Waals surface area contributed by atoms with E-state index in [9.17, 15) is 8.42 Å². The van der Waals surface area contributed by atoms with Crippen LogP contribution in [0.25, 0.3) is 0 Å². The zero-order chi connectivity index (χ0) is 21.3. The van der Waals surface area contributed by atoms with Crippen LogP contribution in [0, 0.1) is 5.41 Å². The number of nitrogens with zero attached hydrogens (tertiary/aromatic N) is 1. The molecule has 5 nitrogen and oxygen atoms in total. The SMILES string of the molecule is CN=C(NCC(c1ccccc1)c1ccccc1)NCC(C)(C)CCS(C)(=O)=O. The molecule has 0 unspecified atom stereocenters. The van der Waals surface area contributed by atoms with Gasteiger partial charge in [-0.1, -0.05) is 74.5 Å². The van der Waals surface area contributed by atoms with E-state index in [-0.39, 0.29) is 17.1 Å². The van der Waals surface area contributed by atoms with Crippen molar-refractivity contribution in [3.63, 3.8) is 0 Å². The monoisotopic (exact) mass is 415 g/mol. The highest BCUT2D eigenvalue weighted by Crippen LogP contribution is 2.24. The zero-order valence-electron chi connectivity index (χ0n) is 17.9. The summed E-state index contributed by atoms with van der Waals surface area (Å²) in [4.78, 5) is 4.34. The number of rotatable bonds is 9. The zero-order valence-corrected chi connectivity index (χ0v) is 18.7. The molecule has 0 heterocycles. The summed E-state index contributed by atoms with van der Waals surface area (Å²) in [5, 5.41) is 6.78. The highest BCUT2D eigenvalue weighted by Gasteiger charge is 2.21. The topological polar surface area (TPSA) is 70.6 Å². The Hall–Kier alpha value is -2.34. The predicted octanol–water partition coefficient (Wildman–Crippen LogP) is 3.44. The number of sulfone groups is 1. The minimum Gasteiger partial charge on any atom is -0.356 e. The van der Waals surface area contributed by atoms with Gasteiger partial charge < -0.3 is 10.6 Å². The van der Waals surface area contributed by atoms with E-state index in [1.54, 1.807) is 7.05 Å². The lowest BCUT2D eigenvalue weighted by atomic mass is 9.90. The van der Waals surface area contributed by atoms with Crippen molar-refractivity contribution in [2.24, 2.45) is 10.4 Å². The van der Waals surface area contributed by atoms with E-state index in [2.05, 4.69) is 78.0 Å². The first kappa shape index (κ1) is 22.9. The average Bonchev–Trinajstić information content (AvgIpc) is 2.70. The Morgan fingerprint density at radius 3 is 1.93 bits per heavy atom. The molecule has 0 aliphatic carbocycles. The minimum absolute atomic E-state index is 0.154. The Balaban J connectivity index is 2.00. The number of benzene rings is 2. The molecule has 0 aliphatic rings. The predicted molar refractivity (Wildman–Crippen MR) is 122 cm³/mol. The molecule has 0 radical (unpaired) electrons. The Kier molecular flexibility index (Phi) is 8.26. The molecular weight excluding hydrogens is 382 g/mol. The Labute approximate surface area is 175 Å². The maximum atomic E-state index is 11.5. The van der Waals surface area contributed by atoms with Gasteiger partial charge in [-0.3, -0.25) is 4.99 Å². The first-order valence-electron chi connectivity index (χ1n) is 9.92. The molecule has 0 spiro atoms. The fourth-order valence-corrected chi connectivity index (χ4v) is 4.01. The van der Waals surface area contributed by atoms with Crippen LogP contribution in [0.15, 0.2) is 65.7 Å². The maximum absolute atomic E-state index is 11.5. The van der Waals surface area contributed by atoms with E-state index in [4.69, 9.17) is 0 Å². The van der Waals surface area contributed by atoms with Crippen LogP contribution in [0.1, 0.15) is 37.3 Å². The van der Waals surface area contributed by atoms with Crippen molar-refractivity contribution in [3.05, 3.63) is 71.8 Å². The van der Waals surface area contributed by atoms with E-state index in [1.165, 1.54) is 17.4 Å². The van der Waals surface area contributed by atoms with Gasteiger partial charge >= 0.3 is 0 Å². The van der Waals surface area contributed by atoms with Crippen molar-refractivity contribution in [1.29, 1.82) is 0 Å². The van der Waals surface area contributed by atoms with Crippen LogP contribution in [0.3, 0.4) is 0 Å². The van der Waals surface area contributed by atoms with Gasteiger partial charge in [-0.2, -0.15) is 0 Å². The second kappa shape index (κ2) is 10.4. The smallest absolute Gasteiger partial charge is 0.191 e. The van der Waals surface area contributed by atoms with Gasteiger partial charge in [-0.05, 0) is 23.0 Å². The summed E-state index contributed by atoms with van der Waals surface area (Å²) in [7, 11) is -1.21. The molecule has 0 aromatic heterocycles. The van der Waals surface area contributed by atoms with Gasteiger partial charge in [0.1, 0.15) is 9.84 Å². The van der Waals surface area contributed by atoms with Crippen molar-refractivity contribution in [2.75, 3.05) is 32.1 Å². The van der Waals surface area contributed by atoms with Crippen molar-refractivity contribution in [3.8, 4) is 0 Å². The molecule has 6 heteroatoms. The number of hydrogen-bond donors (Lipinski definition) is 2. The summed E-state index contributed by atoms with van der Waals surface area (Å²) in [6.45, 7) is 5.48. The lowest BCUT2D eigenvalue weighted by Gasteiger charge is -2.26. The molecule has 2 aromatic rings. The van der Waals surface area contributed by atoms with Crippen LogP contribution in [-0.4, -0.2) is 46.5 Å². The standard InChI is InChI=1S/C23H33N3O2S/c1-23(2,15-16-29(4,27)28)18-26-22(24-3)25-17-21(19-11-7-5-8-12-19)20-13-9-6-10-14-20/h5-14,21H,15-18H2,1-4H3,(H2,24,25,26). The van der Waals surface area contributed by atoms with E-state index < -0.39 is 9.84 Å². The molecule has 0 atom stereocenters. The number of hydrogen-bond acceptors (Lipinski definition) is 3. The molecule has 2 N–H and O–H groups in total. The molecule has 0 saturated heterocycles. The highest BCUT2D eigenvalue weighted by atomic mass is 32.2. The molecule has 2 aromatic carbocycles. The molecular formula is C23H33N3O2S. The van der Waals surface area contributed by atoms with Crippen LogP contribution in [0.5, 0.6) is 0 Å². The fraction of sp³-hybridized carbons (Fsp3) is 0.435. The average molecular weight is 416 g/mol. The molecule has 0 fully saturated rings. The van der Waals surface area contributed by atoms with Crippen LogP contribution in [0.4, 0.5) is 0 Å². The molecule has 0 bridgehead atoms. The summed E-state index contributed by atoms with van der Waals surface area (Å²) < 4.78 is 22.9. The normalized spacial score (nSPS) is 12.8. The molecule has 158 valence electrons. The van der Waals surface area contributed by atoms with E-state index in [1.807, 2.05) is 12.1 Å². The molecule has 29 heavy (non-hydrogen) atoms. The Bertz CT molecular complexity index is 839. The molecule has 0 saturated carbocycles. The Morgan fingerprint density at radius 1 is 0.966 bits per heavy atom. The van der Waals surface area contributed by atoms with E-state index >= 15 is 0 Å². The van der Waals surface area contributed by atoms with Crippen molar-refractivity contribution in [1.82, 2.24) is 10.6 Å². The van der Waals surface area contributed by atoms with Crippen LogP contribution >= 0.6 is 0 Å². The number of aliphatic imine (C=N–C) groups is 1. The largest absolute Gasteiger partial charge is 0.356 e. The van der Waals surface area contributed by atoms with Gasteiger partial charge in [0.05, 0.1) is 5.75 Å². The van der Waals surface area contributed by atoms with Gasteiger partial charge in [-0.15, -0.1) is 0 Å². The summed E-state index contributed by atoms with van der Waals surface area (Å²) in [5.41, 5.74) is 2.34. The lowest BCUT2D eigenvalue weighted by molar-refractivity contribution is 0.348. The quantitative estimate of drug-likeness (QED) is 0.486. The molecule has 0 aliphatic heterocycles. The van der Waals surface area contributed by atoms with Crippen LogP contribution in [-0.2, 0) is 9.84 Å². The fourth-order valence-electron chi connectivity index (χ4n) is 3.09. The van der Waals surface area contributed by atoms with Gasteiger partial charge in [-0.25, -0.2) is 8.42 Å². The second-order valence-corrected chi connectivity index (χ2v) is 10.5. The lowest BCUT2D eigenvalue weighted by Crippen LogP contribution is -2.43.